The molecule has 106 valence electrons. The molecular weight excluding hydrogens is 228 g/mol. The molecule has 0 bridgehead atoms. The lowest BCUT2D eigenvalue weighted by molar-refractivity contribution is -0.0111. The molecule has 2 N–H and O–H groups in total. The molecule has 0 radical (unpaired) electrons. The smallest absolute Gasteiger partial charge is 0.0594 e. The van der Waals surface area contributed by atoms with Crippen LogP contribution in [0.5, 0.6) is 0 Å². The van der Waals surface area contributed by atoms with E-state index in [1.807, 2.05) is 0 Å². The second kappa shape index (κ2) is 6.33. The van der Waals surface area contributed by atoms with Gasteiger partial charge in [-0.3, -0.25) is 4.90 Å². The molecule has 0 aromatic carbocycles. The van der Waals surface area contributed by atoms with Gasteiger partial charge < -0.3 is 15.2 Å². The molecule has 18 heavy (non-hydrogen) atoms. The van der Waals surface area contributed by atoms with Crippen LogP contribution in [-0.2, 0) is 4.74 Å². The normalized spacial score (nSPS) is 31.5. The Morgan fingerprint density at radius 1 is 1.17 bits per heavy atom. The number of aliphatic hydroxyl groups excluding tert-OH is 1. The number of morpholine rings is 1. The fraction of sp³-hybridized carbons (Fsp3) is 1.00. The van der Waals surface area contributed by atoms with Gasteiger partial charge in [0, 0.05) is 31.2 Å². The number of hydrogen-bond acceptors (Lipinski definition) is 4. The number of rotatable bonds is 4. The maximum absolute atomic E-state index is 9.51. The van der Waals surface area contributed by atoms with E-state index in [9.17, 15) is 5.11 Å². The van der Waals surface area contributed by atoms with E-state index in [0.29, 0.717) is 6.04 Å². The summed E-state index contributed by atoms with van der Waals surface area (Å²) in [4.78, 5) is 2.52. The molecule has 2 rings (SSSR count). The molecule has 1 heterocycles. The first kappa shape index (κ1) is 14.3. The van der Waals surface area contributed by atoms with Crippen molar-refractivity contribution in [3.8, 4) is 0 Å². The fourth-order valence-corrected chi connectivity index (χ4v) is 2.95. The Morgan fingerprint density at radius 3 is 2.39 bits per heavy atom. The Kier molecular flexibility index (Phi) is 5.01. The summed E-state index contributed by atoms with van der Waals surface area (Å²) >= 11 is 0. The van der Waals surface area contributed by atoms with E-state index in [-0.39, 0.29) is 11.6 Å². The first-order valence-corrected chi connectivity index (χ1v) is 7.32. The summed E-state index contributed by atoms with van der Waals surface area (Å²) in [5.74, 6) is 0. The van der Waals surface area contributed by atoms with Gasteiger partial charge in [0.15, 0.2) is 0 Å². The van der Waals surface area contributed by atoms with Crippen molar-refractivity contribution in [3.05, 3.63) is 0 Å². The van der Waals surface area contributed by atoms with Gasteiger partial charge >= 0.3 is 0 Å². The van der Waals surface area contributed by atoms with E-state index in [0.717, 1.165) is 58.5 Å². The van der Waals surface area contributed by atoms with Gasteiger partial charge in [0.1, 0.15) is 0 Å². The third kappa shape index (κ3) is 3.92. The van der Waals surface area contributed by atoms with Gasteiger partial charge in [0.05, 0.1) is 19.3 Å². The van der Waals surface area contributed by atoms with Gasteiger partial charge in [-0.15, -0.1) is 0 Å². The number of ether oxygens (including phenoxy) is 1. The SMILES string of the molecule is CC(C)(CNC1CCC(O)CC1)N1CCOCC1. The quantitative estimate of drug-likeness (QED) is 0.787. The van der Waals surface area contributed by atoms with Gasteiger partial charge in [0.25, 0.3) is 0 Å². The summed E-state index contributed by atoms with van der Waals surface area (Å²) in [5, 5.41) is 13.2. The lowest BCUT2D eigenvalue weighted by atomic mass is 9.92. The monoisotopic (exact) mass is 256 g/mol. The molecule has 0 spiro atoms. The Balaban J connectivity index is 1.73. The molecule has 0 atom stereocenters. The van der Waals surface area contributed by atoms with Crippen LogP contribution >= 0.6 is 0 Å². The minimum atomic E-state index is -0.0599. The average Bonchev–Trinajstić information content (AvgIpc) is 2.39. The third-order valence-electron chi connectivity index (χ3n) is 4.39. The molecular formula is C14H28N2O2. The van der Waals surface area contributed by atoms with E-state index >= 15 is 0 Å². The first-order chi connectivity index (χ1) is 8.58. The van der Waals surface area contributed by atoms with Gasteiger partial charge in [-0.05, 0) is 39.5 Å². The highest BCUT2D eigenvalue weighted by molar-refractivity contribution is 4.87. The Hall–Kier alpha value is -0.160. The van der Waals surface area contributed by atoms with Crippen LogP contribution in [0.1, 0.15) is 39.5 Å². The van der Waals surface area contributed by atoms with Crippen molar-refractivity contribution in [1.29, 1.82) is 0 Å². The topological polar surface area (TPSA) is 44.7 Å². The van der Waals surface area contributed by atoms with E-state index < -0.39 is 0 Å². The lowest BCUT2D eigenvalue weighted by Gasteiger charge is -2.42. The van der Waals surface area contributed by atoms with Crippen molar-refractivity contribution in [1.82, 2.24) is 10.2 Å². The molecule has 0 unspecified atom stereocenters. The van der Waals surface area contributed by atoms with Crippen molar-refractivity contribution in [3.63, 3.8) is 0 Å². The van der Waals surface area contributed by atoms with E-state index in [4.69, 9.17) is 4.74 Å². The largest absolute Gasteiger partial charge is 0.393 e. The van der Waals surface area contributed by atoms with Crippen LogP contribution < -0.4 is 5.32 Å². The summed E-state index contributed by atoms with van der Waals surface area (Å²) in [6.07, 6.45) is 4.07. The molecule has 4 nitrogen and oxygen atoms in total. The maximum atomic E-state index is 9.51. The summed E-state index contributed by atoms with van der Waals surface area (Å²) in [7, 11) is 0. The second-order valence-corrected chi connectivity index (χ2v) is 6.30. The van der Waals surface area contributed by atoms with Gasteiger partial charge in [-0.1, -0.05) is 0 Å². The lowest BCUT2D eigenvalue weighted by Crippen LogP contribution is -2.56. The predicted octanol–water partition coefficient (Wildman–Crippen LogP) is 0.990. The average molecular weight is 256 g/mol. The highest BCUT2D eigenvalue weighted by Gasteiger charge is 2.29. The summed E-state index contributed by atoms with van der Waals surface area (Å²) in [5.41, 5.74) is 0.194. The van der Waals surface area contributed by atoms with Gasteiger partial charge in [-0.25, -0.2) is 0 Å². The van der Waals surface area contributed by atoms with Crippen molar-refractivity contribution in [2.75, 3.05) is 32.8 Å². The summed E-state index contributed by atoms with van der Waals surface area (Å²) in [6, 6.07) is 0.591. The molecule has 4 heteroatoms. The standard InChI is InChI=1S/C14H28N2O2/c1-14(2,16-7-9-18-10-8-16)11-15-12-3-5-13(17)6-4-12/h12-13,15,17H,3-11H2,1-2H3. The molecule has 0 amide bonds. The zero-order valence-corrected chi connectivity index (χ0v) is 11.8. The highest BCUT2D eigenvalue weighted by atomic mass is 16.5. The summed E-state index contributed by atoms with van der Waals surface area (Å²) < 4.78 is 5.41. The number of aliphatic hydroxyl groups is 1. The first-order valence-electron chi connectivity index (χ1n) is 7.32. The van der Waals surface area contributed by atoms with Crippen molar-refractivity contribution in [2.45, 2.75) is 57.2 Å². The Morgan fingerprint density at radius 2 is 1.78 bits per heavy atom. The van der Waals surface area contributed by atoms with Crippen LogP contribution in [0.4, 0.5) is 0 Å². The van der Waals surface area contributed by atoms with E-state index in [1.165, 1.54) is 0 Å². The zero-order valence-electron chi connectivity index (χ0n) is 11.8. The minimum Gasteiger partial charge on any atom is -0.393 e. The van der Waals surface area contributed by atoms with Crippen LogP contribution in [0.15, 0.2) is 0 Å². The number of nitrogens with zero attached hydrogens (tertiary/aromatic N) is 1. The predicted molar refractivity (Wildman–Crippen MR) is 72.7 cm³/mol. The maximum Gasteiger partial charge on any atom is 0.0594 e. The summed E-state index contributed by atoms with van der Waals surface area (Å²) in [6.45, 7) is 9.44. The zero-order chi connectivity index (χ0) is 13.0. The molecule has 1 aliphatic carbocycles. The van der Waals surface area contributed by atoms with Crippen molar-refractivity contribution in [2.24, 2.45) is 0 Å². The molecule has 1 aliphatic heterocycles. The molecule has 0 aromatic rings. The van der Waals surface area contributed by atoms with Crippen molar-refractivity contribution < 1.29 is 9.84 Å². The minimum absolute atomic E-state index is 0.0599. The van der Waals surface area contributed by atoms with Crippen LogP contribution in [0.3, 0.4) is 0 Å². The molecule has 0 aromatic heterocycles. The fourth-order valence-electron chi connectivity index (χ4n) is 2.95. The van der Waals surface area contributed by atoms with Crippen molar-refractivity contribution >= 4 is 0 Å². The third-order valence-corrected chi connectivity index (χ3v) is 4.39. The van der Waals surface area contributed by atoms with Gasteiger partial charge in [0.2, 0.25) is 0 Å². The molecule has 2 aliphatic rings. The molecule has 1 saturated heterocycles. The van der Waals surface area contributed by atoms with Crippen LogP contribution in [-0.4, -0.2) is 60.5 Å². The second-order valence-electron chi connectivity index (χ2n) is 6.30. The number of hydrogen-bond donors (Lipinski definition) is 2. The van der Waals surface area contributed by atoms with E-state index in [2.05, 4.69) is 24.1 Å². The number of nitrogens with one attached hydrogen (secondary N) is 1. The molecule has 1 saturated carbocycles. The Labute approximate surface area is 111 Å². The highest BCUT2D eigenvalue weighted by Crippen LogP contribution is 2.20. The van der Waals surface area contributed by atoms with Crippen LogP contribution in [0.25, 0.3) is 0 Å². The van der Waals surface area contributed by atoms with E-state index in [1.54, 1.807) is 0 Å². The van der Waals surface area contributed by atoms with Crippen LogP contribution in [0.2, 0.25) is 0 Å². The molecule has 2 fully saturated rings. The Bertz CT molecular complexity index is 244. The van der Waals surface area contributed by atoms with Crippen LogP contribution in [0, 0.1) is 0 Å². The van der Waals surface area contributed by atoms with Gasteiger partial charge in [-0.2, -0.15) is 0 Å².